The molecule has 1 aromatic heterocycles. The van der Waals surface area contributed by atoms with Gasteiger partial charge in [0.05, 0.1) is 21.5 Å². The molecule has 1 heterocycles. The first-order chi connectivity index (χ1) is 15.8. The smallest absolute Gasteiger partial charge is 0.321 e. The molecule has 3 aromatic rings. The van der Waals surface area contributed by atoms with Gasteiger partial charge in [0.25, 0.3) is 0 Å². The minimum absolute atomic E-state index is 0.0660. The molecule has 3 rings (SSSR count). The third-order valence-corrected chi connectivity index (χ3v) is 7.33. The number of carbonyl (C=O) groups is 2. The largest absolute Gasteiger partial charge is 0.460 e. The van der Waals surface area contributed by atoms with Gasteiger partial charge in [-0.15, -0.1) is 0 Å². The van der Waals surface area contributed by atoms with Crippen LogP contribution in [0.25, 0.3) is 21.3 Å². The lowest BCUT2D eigenvalue weighted by atomic mass is 10.1. The number of nitrogens with zero attached hydrogens (tertiary/aromatic N) is 2. The maximum atomic E-state index is 12.5. The molecule has 182 valence electrons. The van der Waals surface area contributed by atoms with E-state index in [4.69, 9.17) is 4.74 Å². The lowest BCUT2D eigenvalue weighted by Gasteiger charge is -2.19. The van der Waals surface area contributed by atoms with Crippen LogP contribution in [-0.2, 0) is 19.6 Å². The van der Waals surface area contributed by atoms with E-state index in [1.807, 2.05) is 24.3 Å². The quantitative estimate of drug-likeness (QED) is 0.469. The van der Waals surface area contributed by atoms with Gasteiger partial charge < -0.3 is 10.1 Å². The van der Waals surface area contributed by atoms with E-state index < -0.39 is 21.7 Å². The SMILES string of the molecule is CN(C)S(=O)(=O)c1cccc(-c2ccc3nc(NC(=O)NCCC(=O)OC(C)(C)C)sc3c2)c1. The van der Waals surface area contributed by atoms with Crippen LogP contribution in [0.5, 0.6) is 0 Å². The number of ether oxygens (including phenoxy) is 1. The molecule has 0 unspecified atom stereocenters. The summed E-state index contributed by atoms with van der Waals surface area (Å²) in [5.74, 6) is -0.386. The number of carbonyl (C=O) groups excluding carboxylic acids is 2. The number of nitrogens with one attached hydrogen (secondary N) is 2. The van der Waals surface area contributed by atoms with Crippen LogP contribution in [-0.4, -0.2) is 55.9 Å². The van der Waals surface area contributed by atoms with Gasteiger partial charge in [-0.25, -0.2) is 22.5 Å². The highest BCUT2D eigenvalue weighted by molar-refractivity contribution is 7.89. The summed E-state index contributed by atoms with van der Waals surface area (Å²) in [6, 6.07) is 11.9. The fraction of sp³-hybridized carbons (Fsp3) is 0.348. The number of rotatable bonds is 7. The molecule has 2 aromatic carbocycles. The molecule has 0 radical (unpaired) electrons. The van der Waals surface area contributed by atoms with Gasteiger partial charge in [-0.2, -0.15) is 0 Å². The average molecular weight is 505 g/mol. The Morgan fingerprint density at radius 3 is 2.47 bits per heavy atom. The second kappa shape index (κ2) is 10.1. The van der Waals surface area contributed by atoms with Gasteiger partial charge in [0.2, 0.25) is 10.0 Å². The highest BCUT2D eigenvalue weighted by atomic mass is 32.2. The fourth-order valence-electron chi connectivity index (χ4n) is 3.02. The number of amides is 2. The van der Waals surface area contributed by atoms with Gasteiger partial charge in [0.1, 0.15) is 5.60 Å². The van der Waals surface area contributed by atoms with Crippen LogP contribution in [0, 0.1) is 0 Å². The van der Waals surface area contributed by atoms with E-state index in [-0.39, 0.29) is 23.8 Å². The van der Waals surface area contributed by atoms with Crippen LogP contribution in [0.4, 0.5) is 9.93 Å². The van der Waals surface area contributed by atoms with Crippen molar-refractivity contribution in [2.45, 2.75) is 37.7 Å². The van der Waals surface area contributed by atoms with Crippen LogP contribution in [0.15, 0.2) is 47.4 Å². The van der Waals surface area contributed by atoms with Crippen molar-refractivity contribution in [3.63, 3.8) is 0 Å². The van der Waals surface area contributed by atoms with Crippen molar-refractivity contribution in [1.29, 1.82) is 0 Å². The van der Waals surface area contributed by atoms with Crippen LogP contribution in [0.2, 0.25) is 0 Å². The molecule has 11 heteroatoms. The third-order valence-electron chi connectivity index (χ3n) is 4.59. The molecular formula is C23H28N4O5S2. The molecule has 0 fully saturated rings. The van der Waals surface area contributed by atoms with Crippen molar-refractivity contribution in [2.75, 3.05) is 26.0 Å². The number of fused-ring (bicyclic) bond motifs is 1. The second-order valence-corrected chi connectivity index (χ2v) is 11.9. The maximum absolute atomic E-state index is 12.5. The highest BCUT2D eigenvalue weighted by Gasteiger charge is 2.18. The Labute approximate surface area is 203 Å². The molecule has 0 aliphatic heterocycles. The first kappa shape index (κ1) is 25.6. The summed E-state index contributed by atoms with van der Waals surface area (Å²) in [4.78, 5) is 28.5. The topological polar surface area (TPSA) is 118 Å². The van der Waals surface area contributed by atoms with Gasteiger partial charge in [-0.1, -0.05) is 29.5 Å². The van der Waals surface area contributed by atoms with Crippen LogP contribution in [0.1, 0.15) is 27.2 Å². The summed E-state index contributed by atoms with van der Waals surface area (Å²) in [5.41, 5.74) is 1.73. The fourth-order valence-corrected chi connectivity index (χ4v) is 4.86. The Balaban J connectivity index is 1.68. The molecule has 0 aliphatic rings. The zero-order chi connectivity index (χ0) is 25.1. The number of anilines is 1. The summed E-state index contributed by atoms with van der Waals surface area (Å²) in [7, 11) is -0.554. The van der Waals surface area contributed by atoms with Crippen molar-refractivity contribution < 1.29 is 22.7 Å². The molecule has 0 aliphatic carbocycles. The molecule has 0 spiro atoms. The van der Waals surface area contributed by atoms with Crippen LogP contribution >= 0.6 is 11.3 Å². The van der Waals surface area contributed by atoms with E-state index in [0.29, 0.717) is 10.6 Å². The molecular weight excluding hydrogens is 476 g/mol. The van der Waals surface area contributed by atoms with Crippen LogP contribution < -0.4 is 10.6 Å². The minimum Gasteiger partial charge on any atom is -0.460 e. The molecule has 34 heavy (non-hydrogen) atoms. The van der Waals surface area contributed by atoms with E-state index in [1.165, 1.54) is 29.7 Å². The Morgan fingerprint density at radius 1 is 1.09 bits per heavy atom. The van der Waals surface area contributed by atoms with E-state index in [1.54, 1.807) is 39.0 Å². The van der Waals surface area contributed by atoms with Gasteiger partial charge in [-0.3, -0.25) is 10.1 Å². The number of urea groups is 1. The van der Waals surface area contributed by atoms with Gasteiger partial charge >= 0.3 is 12.0 Å². The van der Waals surface area contributed by atoms with Crippen molar-refractivity contribution >= 4 is 48.7 Å². The molecule has 0 saturated heterocycles. The van der Waals surface area contributed by atoms with E-state index >= 15 is 0 Å². The Morgan fingerprint density at radius 2 is 1.79 bits per heavy atom. The first-order valence-corrected chi connectivity index (χ1v) is 12.8. The molecule has 0 saturated carbocycles. The Hall–Kier alpha value is -3.02. The monoisotopic (exact) mass is 504 g/mol. The molecule has 0 bridgehead atoms. The number of thiazole rings is 1. The van der Waals surface area contributed by atoms with E-state index in [2.05, 4.69) is 15.6 Å². The maximum Gasteiger partial charge on any atom is 0.321 e. The normalized spacial score (nSPS) is 12.1. The Kier molecular flexibility index (Phi) is 7.59. The molecule has 2 amide bonds. The minimum atomic E-state index is -3.54. The third kappa shape index (κ3) is 6.52. The van der Waals surface area contributed by atoms with Gasteiger partial charge in [0, 0.05) is 20.6 Å². The number of aromatic nitrogens is 1. The zero-order valence-electron chi connectivity index (χ0n) is 19.7. The standard InChI is InChI=1S/C23H28N4O5S2/c1-23(2,3)32-20(28)11-12-24-21(29)26-22-25-18-10-9-16(14-19(18)33-22)15-7-6-8-17(13-15)34(30,31)27(4)5/h6-10,13-14H,11-12H2,1-5H3,(H2,24,25,26,29). The molecule has 0 atom stereocenters. The summed E-state index contributed by atoms with van der Waals surface area (Å²) in [5, 5.41) is 5.70. The Bertz CT molecular complexity index is 1310. The van der Waals surface area contributed by atoms with Crippen molar-refractivity contribution in [2.24, 2.45) is 0 Å². The summed E-state index contributed by atoms with van der Waals surface area (Å²) >= 11 is 1.30. The van der Waals surface area contributed by atoms with E-state index in [0.717, 1.165) is 15.8 Å². The number of benzene rings is 2. The number of hydrogen-bond acceptors (Lipinski definition) is 7. The number of hydrogen-bond donors (Lipinski definition) is 2. The highest BCUT2D eigenvalue weighted by Crippen LogP contribution is 2.31. The predicted molar refractivity (Wildman–Crippen MR) is 133 cm³/mol. The molecule has 9 nitrogen and oxygen atoms in total. The second-order valence-electron chi connectivity index (χ2n) is 8.73. The first-order valence-electron chi connectivity index (χ1n) is 10.6. The van der Waals surface area contributed by atoms with Crippen molar-refractivity contribution in [3.05, 3.63) is 42.5 Å². The van der Waals surface area contributed by atoms with E-state index in [9.17, 15) is 18.0 Å². The summed E-state index contributed by atoms with van der Waals surface area (Å²) in [6.45, 7) is 5.49. The van der Waals surface area contributed by atoms with Gasteiger partial charge in [-0.05, 0) is 56.2 Å². The van der Waals surface area contributed by atoms with Crippen LogP contribution in [0.3, 0.4) is 0 Å². The zero-order valence-corrected chi connectivity index (χ0v) is 21.3. The van der Waals surface area contributed by atoms with Gasteiger partial charge in [0.15, 0.2) is 5.13 Å². The lowest BCUT2D eigenvalue weighted by Crippen LogP contribution is -2.32. The molecule has 2 N–H and O–H groups in total. The average Bonchev–Trinajstić information content (AvgIpc) is 3.13. The summed E-state index contributed by atoms with van der Waals surface area (Å²) in [6.07, 6.45) is 0.0660. The van der Waals surface area contributed by atoms with Crippen molar-refractivity contribution in [1.82, 2.24) is 14.6 Å². The lowest BCUT2D eigenvalue weighted by molar-refractivity contribution is -0.154. The summed E-state index contributed by atoms with van der Waals surface area (Å²) < 4.78 is 32.1. The van der Waals surface area contributed by atoms with Crippen molar-refractivity contribution in [3.8, 4) is 11.1 Å². The number of esters is 1. The predicted octanol–water partition coefficient (Wildman–Crippen LogP) is 4.07. The number of sulfonamides is 1.